The van der Waals surface area contributed by atoms with Gasteiger partial charge in [0.25, 0.3) is 0 Å². The first-order valence-corrected chi connectivity index (χ1v) is 30.1. The zero-order valence-corrected chi connectivity index (χ0v) is 47.3. The molecule has 0 saturated carbocycles. The summed E-state index contributed by atoms with van der Waals surface area (Å²) in [6.45, 7) is 12.4. The normalized spacial score (nSPS) is 15.2. The molecule has 79 heavy (non-hydrogen) atoms. The number of alkyl halides is 6. The van der Waals surface area contributed by atoms with E-state index in [1.165, 1.54) is 56.9 Å². The van der Waals surface area contributed by atoms with Crippen molar-refractivity contribution in [1.29, 1.82) is 0 Å². The second-order valence-corrected chi connectivity index (χ2v) is 27.9. The average molecular weight is 1090 g/mol. The Balaban J connectivity index is 1.25. The Labute approximate surface area is 465 Å². The molecule has 0 amide bonds. The van der Waals surface area contributed by atoms with E-state index in [1.54, 1.807) is 0 Å². The van der Waals surface area contributed by atoms with Crippen molar-refractivity contribution in [3.05, 3.63) is 214 Å². The fourth-order valence-electron chi connectivity index (χ4n) is 13.6. The van der Waals surface area contributed by atoms with Crippen molar-refractivity contribution in [3.8, 4) is 22.3 Å². The maximum Gasteiger partial charge on any atom is 0.416 e. The minimum atomic E-state index is -4.62. The van der Waals surface area contributed by atoms with Crippen LogP contribution in [0.1, 0.15) is 111 Å². The summed E-state index contributed by atoms with van der Waals surface area (Å²) >= 11 is 6.83. The second-order valence-electron chi connectivity index (χ2n) is 22.8. The minimum absolute atomic E-state index is 0.290. The van der Waals surface area contributed by atoms with Crippen molar-refractivity contribution in [2.24, 2.45) is 0 Å². The van der Waals surface area contributed by atoms with Gasteiger partial charge in [0.1, 0.15) is 5.60 Å². The van der Waals surface area contributed by atoms with Gasteiger partial charge in [-0.2, -0.15) is 26.3 Å². The summed E-state index contributed by atoms with van der Waals surface area (Å²) in [5, 5.41) is 24.4. The third-order valence-corrected chi connectivity index (χ3v) is 23.7. The molecule has 1 N–H and O–H groups in total. The minimum Gasteiger partial charge on any atom is -0.380 e. The van der Waals surface area contributed by atoms with Crippen LogP contribution in [0, 0.1) is 6.92 Å². The largest absolute Gasteiger partial charge is 0.416 e. The van der Waals surface area contributed by atoms with E-state index in [9.17, 15) is 31.4 Å². The molecule has 0 bridgehead atoms. The van der Waals surface area contributed by atoms with Crippen LogP contribution in [-0.4, -0.2) is 13.2 Å². The van der Waals surface area contributed by atoms with Gasteiger partial charge in [0.05, 0.1) is 11.1 Å². The fourth-order valence-corrected chi connectivity index (χ4v) is 20.2. The quantitative estimate of drug-likeness (QED) is 0.0559. The third kappa shape index (κ3) is 9.05. The van der Waals surface area contributed by atoms with Crippen molar-refractivity contribution in [2.45, 2.75) is 121 Å². The SMILES string of the molecule is CCCCc1c2ccccc2c(-c2cc(-c3c4ccccc4c(CCCC)c4ccccc34)cc([C@]3(O)CCc4c(C)cc([Si](c5ccc(C(F)(F)F)cc5)(c5ccc(C(F)(F)F)cc5)C(C)(C)C)c([S])c43)c2)c2ccccc12. The first kappa shape index (κ1) is 54.2. The van der Waals surface area contributed by atoms with Gasteiger partial charge in [-0.05, 0) is 177 Å². The van der Waals surface area contributed by atoms with Crippen LogP contribution in [0.5, 0.6) is 0 Å². The lowest BCUT2D eigenvalue weighted by Crippen LogP contribution is -2.72. The van der Waals surface area contributed by atoms with Crippen molar-refractivity contribution in [3.63, 3.8) is 0 Å². The Bertz CT molecular complexity index is 3660. The van der Waals surface area contributed by atoms with Crippen LogP contribution in [0.2, 0.25) is 5.04 Å². The van der Waals surface area contributed by atoms with Gasteiger partial charge in [-0.3, -0.25) is 0 Å². The second kappa shape index (κ2) is 20.4. The Morgan fingerprint density at radius 2 is 0.886 bits per heavy atom. The summed E-state index contributed by atoms with van der Waals surface area (Å²) in [5.41, 5.74) is 6.20. The Hall–Kier alpha value is -6.78. The van der Waals surface area contributed by atoms with E-state index in [0.29, 0.717) is 44.4 Å². The maximum atomic E-state index is 14.3. The lowest BCUT2D eigenvalue weighted by molar-refractivity contribution is -0.138. The predicted octanol–water partition coefficient (Wildman–Crippen LogP) is 18.7. The predicted molar refractivity (Wildman–Crippen MR) is 320 cm³/mol. The Morgan fingerprint density at radius 1 is 0.519 bits per heavy atom. The third-order valence-electron chi connectivity index (χ3n) is 17.2. The molecule has 10 aromatic carbocycles. The number of unbranched alkanes of at least 4 members (excludes halogenated alkanes) is 2. The molecule has 0 aliphatic heterocycles. The van der Waals surface area contributed by atoms with E-state index < -0.39 is 42.2 Å². The van der Waals surface area contributed by atoms with Crippen molar-refractivity contribution in [2.75, 3.05) is 0 Å². The molecule has 1 atom stereocenters. The maximum absolute atomic E-state index is 14.3. The number of hydrogen-bond acceptors (Lipinski definition) is 1. The van der Waals surface area contributed by atoms with E-state index in [1.807, 2.05) is 33.8 Å². The monoisotopic (exact) mass is 1090 g/mol. The molecule has 0 aromatic heterocycles. The summed E-state index contributed by atoms with van der Waals surface area (Å²) in [5.74, 6) is 0. The lowest BCUT2D eigenvalue weighted by Gasteiger charge is -2.46. The number of fused-ring (bicyclic) bond motifs is 5. The Kier molecular flexibility index (Phi) is 14.0. The van der Waals surface area contributed by atoms with Crippen LogP contribution < -0.4 is 15.6 Å². The average Bonchev–Trinajstić information content (AvgIpc) is 3.53. The van der Waals surface area contributed by atoms with Crippen LogP contribution in [-0.2, 0) is 37.2 Å². The number of rotatable bonds is 12. The standard InChI is InChI=1S/C70H63F6OSSi/c1-7-9-19-52-54-21-11-15-25-58(54)63(59-26-16-12-22-55(52)59)44-40-45(64-60-27-17-13-23-56(60)53(20-10-8-2)57-24-14-18-28-61(57)64)42-48(41-44)68(77)38-37-51-43(3)39-62(66(78)65(51)68)79(67(4,5)6,49-33-29-46(30-34-49)69(71,72)73)50-35-31-47(32-36-50)70(74,75)76/h11-18,21-36,39-42,77H,7-10,19-20,37-38H2,1-6H3/t68-/m1/s1. The molecule has 11 rings (SSSR count). The summed E-state index contributed by atoms with van der Waals surface area (Å²) in [4.78, 5) is 0.376. The van der Waals surface area contributed by atoms with Crippen LogP contribution in [0.3, 0.4) is 0 Å². The van der Waals surface area contributed by atoms with Crippen LogP contribution in [0.4, 0.5) is 26.3 Å². The molecule has 1 nitrogen and oxygen atoms in total. The molecule has 0 spiro atoms. The number of aliphatic hydroxyl groups is 1. The van der Waals surface area contributed by atoms with Crippen LogP contribution in [0.15, 0.2) is 175 Å². The van der Waals surface area contributed by atoms with Gasteiger partial charge in [-0.15, -0.1) is 0 Å². The molecular weight excluding hydrogens is 1030 g/mol. The van der Waals surface area contributed by atoms with Gasteiger partial charge < -0.3 is 5.11 Å². The molecule has 0 heterocycles. The highest BCUT2D eigenvalue weighted by molar-refractivity contribution is 7.80. The first-order valence-electron chi connectivity index (χ1n) is 27.7. The number of halogens is 6. The van der Waals surface area contributed by atoms with E-state index in [0.717, 1.165) is 118 Å². The molecule has 0 unspecified atom stereocenters. The van der Waals surface area contributed by atoms with E-state index in [4.69, 9.17) is 12.6 Å². The molecule has 1 radical (unpaired) electrons. The summed E-state index contributed by atoms with van der Waals surface area (Å²) in [7, 11) is -3.80. The molecular formula is C70H63F6OSSi. The van der Waals surface area contributed by atoms with Crippen molar-refractivity contribution in [1.82, 2.24) is 0 Å². The zero-order chi connectivity index (χ0) is 55.8. The first-order chi connectivity index (χ1) is 37.7. The van der Waals surface area contributed by atoms with Gasteiger partial charge in [0.2, 0.25) is 0 Å². The van der Waals surface area contributed by atoms with Crippen molar-refractivity contribution >= 4 is 79.4 Å². The van der Waals surface area contributed by atoms with Gasteiger partial charge in [-0.1, -0.05) is 212 Å². The molecule has 1 aliphatic rings. The molecule has 0 fully saturated rings. The van der Waals surface area contributed by atoms with Crippen LogP contribution >= 0.6 is 12.6 Å². The topological polar surface area (TPSA) is 20.2 Å². The van der Waals surface area contributed by atoms with E-state index >= 15 is 0 Å². The summed E-state index contributed by atoms with van der Waals surface area (Å²) < 4.78 is 86.0. The lowest BCUT2D eigenvalue weighted by atomic mass is 9.80. The van der Waals surface area contributed by atoms with Crippen molar-refractivity contribution < 1.29 is 31.4 Å². The number of hydrogen-bond donors (Lipinski definition) is 1. The Morgan fingerprint density at radius 3 is 1.23 bits per heavy atom. The molecule has 0 saturated heterocycles. The van der Waals surface area contributed by atoms with Gasteiger partial charge >= 0.3 is 12.4 Å². The number of benzene rings is 10. The smallest absolute Gasteiger partial charge is 0.380 e. The highest BCUT2D eigenvalue weighted by Gasteiger charge is 2.53. The summed E-state index contributed by atoms with van der Waals surface area (Å²) in [6, 6.07) is 53.4. The van der Waals surface area contributed by atoms with Gasteiger partial charge in [0, 0.05) is 10.5 Å². The van der Waals surface area contributed by atoms with E-state index in [2.05, 4.69) is 129 Å². The molecule has 1 aliphatic carbocycles. The van der Waals surface area contributed by atoms with Crippen LogP contribution in [0.25, 0.3) is 65.3 Å². The highest BCUT2D eigenvalue weighted by atomic mass is 32.1. The summed E-state index contributed by atoms with van der Waals surface area (Å²) in [6.07, 6.45) is -2.45. The zero-order valence-electron chi connectivity index (χ0n) is 45.4. The highest BCUT2D eigenvalue weighted by Crippen LogP contribution is 2.52. The fraction of sp³-hybridized carbons (Fsp3) is 0.257. The van der Waals surface area contributed by atoms with E-state index in [-0.39, 0.29) is 0 Å². The molecule has 401 valence electrons. The molecule has 9 heteroatoms. The van der Waals surface area contributed by atoms with Gasteiger partial charge in [0.15, 0.2) is 8.07 Å². The molecule has 10 aromatic rings. The van der Waals surface area contributed by atoms with Gasteiger partial charge in [-0.25, -0.2) is 0 Å². The number of aryl methyl sites for hydroxylation is 3.